The van der Waals surface area contributed by atoms with E-state index in [1.165, 1.54) is 24.3 Å². The van der Waals surface area contributed by atoms with Gasteiger partial charge in [0.05, 0.1) is 11.0 Å². The molecule has 1 rings (SSSR count). The van der Waals surface area contributed by atoms with E-state index in [0.29, 0.717) is 12.1 Å². The molecule has 0 aliphatic carbocycles. The van der Waals surface area contributed by atoms with E-state index < -0.39 is 16.4 Å². The minimum atomic E-state index is -0.533. The molecular formula is C15H22N2O4. The summed E-state index contributed by atoms with van der Waals surface area (Å²) in [6, 6.07) is 5.42. The quantitative estimate of drug-likeness (QED) is 0.622. The van der Waals surface area contributed by atoms with Crippen molar-refractivity contribution in [2.45, 2.75) is 33.8 Å². The van der Waals surface area contributed by atoms with Gasteiger partial charge in [-0.2, -0.15) is 0 Å². The highest BCUT2D eigenvalue weighted by Gasteiger charge is 2.30. The molecule has 0 saturated carbocycles. The Morgan fingerprint density at radius 3 is 2.29 bits per heavy atom. The molecule has 6 nitrogen and oxygen atoms in total. The van der Waals surface area contributed by atoms with Crippen LogP contribution in [0.25, 0.3) is 0 Å². The first-order valence-corrected chi connectivity index (χ1v) is 6.86. The number of hydrogen-bond donors (Lipinski definition) is 2. The van der Waals surface area contributed by atoms with Crippen LogP contribution in [0.1, 0.15) is 38.1 Å². The Hall–Kier alpha value is -1.95. The Morgan fingerprint density at radius 1 is 1.33 bits per heavy atom. The van der Waals surface area contributed by atoms with Crippen molar-refractivity contribution in [2.75, 3.05) is 6.54 Å². The topological polar surface area (TPSA) is 92.5 Å². The zero-order valence-corrected chi connectivity index (χ0v) is 12.8. The maximum atomic E-state index is 12.0. The van der Waals surface area contributed by atoms with E-state index in [0.717, 1.165) is 0 Å². The van der Waals surface area contributed by atoms with Crippen LogP contribution in [0.4, 0.5) is 5.69 Å². The average molecular weight is 294 g/mol. The zero-order chi connectivity index (χ0) is 16.2. The van der Waals surface area contributed by atoms with Crippen LogP contribution in [0.15, 0.2) is 24.3 Å². The number of nitro groups is 1. The summed E-state index contributed by atoms with van der Waals surface area (Å²) in [5.41, 5.74) is -0.150. The first-order valence-electron chi connectivity index (χ1n) is 6.86. The fourth-order valence-corrected chi connectivity index (χ4v) is 2.15. The van der Waals surface area contributed by atoms with E-state index in [9.17, 15) is 20.0 Å². The highest BCUT2D eigenvalue weighted by atomic mass is 16.6. The van der Waals surface area contributed by atoms with Crippen molar-refractivity contribution >= 4 is 11.6 Å². The van der Waals surface area contributed by atoms with Crippen molar-refractivity contribution < 1.29 is 14.8 Å². The summed E-state index contributed by atoms with van der Waals surface area (Å²) in [4.78, 5) is 22.0. The lowest BCUT2D eigenvalue weighted by Gasteiger charge is -2.33. The second-order valence-electron chi connectivity index (χ2n) is 6.16. The van der Waals surface area contributed by atoms with Gasteiger partial charge in [0, 0.05) is 29.7 Å². The second-order valence-corrected chi connectivity index (χ2v) is 6.16. The number of hydrogen-bond acceptors (Lipinski definition) is 4. The molecule has 0 radical (unpaired) electrons. The molecule has 116 valence electrons. The number of rotatable bonds is 6. The van der Waals surface area contributed by atoms with Crippen LogP contribution in [0.5, 0.6) is 0 Å². The summed E-state index contributed by atoms with van der Waals surface area (Å²) in [7, 11) is 0. The van der Waals surface area contributed by atoms with Crippen LogP contribution in [0.3, 0.4) is 0 Å². The Kier molecular flexibility index (Phi) is 5.43. The third kappa shape index (κ3) is 4.53. The fourth-order valence-electron chi connectivity index (χ4n) is 2.15. The number of aliphatic hydroxyl groups excluding tert-OH is 1. The van der Waals surface area contributed by atoms with Gasteiger partial charge in [-0.25, -0.2) is 0 Å². The van der Waals surface area contributed by atoms with E-state index in [1.54, 1.807) is 0 Å². The van der Waals surface area contributed by atoms with Crippen LogP contribution >= 0.6 is 0 Å². The van der Waals surface area contributed by atoms with Gasteiger partial charge in [0.25, 0.3) is 11.6 Å². The van der Waals surface area contributed by atoms with Crippen molar-refractivity contribution in [3.05, 3.63) is 39.9 Å². The van der Waals surface area contributed by atoms with Gasteiger partial charge in [-0.05, 0) is 18.1 Å². The molecule has 6 heteroatoms. The number of nitrogens with one attached hydrogen (secondary N) is 1. The SMILES string of the molecule is CC(C)C(O)C(C)(C)CNC(=O)c1ccc([N+](=O)[O-])cc1. The van der Waals surface area contributed by atoms with Crippen LogP contribution in [0, 0.1) is 21.4 Å². The maximum absolute atomic E-state index is 12.0. The van der Waals surface area contributed by atoms with Gasteiger partial charge in [-0.1, -0.05) is 27.7 Å². The third-order valence-corrected chi connectivity index (χ3v) is 3.48. The summed E-state index contributed by atoms with van der Waals surface area (Å²) >= 11 is 0. The van der Waals surface area contributed by atoms with Gasteiger partial charge in [0.2, 0.25) is 0 Å². The lowest BCUT2D eigenvalue weighted by atomic mass is 9.80. The number of nitro benzene ring substituents is 1. The first kappa shape index (κ1) is 17.1. The van der Waals surface area contributed by atoms with Crippen LogP contribution in [-0.2, 0) is 0 Å². The fraction of sp³-hybridized carbons (Fsp3) is 0.533. The molecule has 0 fully saturated rings. The summed E-state index contributed by atoms with van der Waals surface area (Å²) in [6.45, 7) is 7.93. The largest absolute Gasteiger partial charge is 0.392 e. The normalized spacial score (nSPS) is 13.0. The maximum Gasteiger partial charge on any atom is 0.269 e. The molecular weight excluding hydrogens is 272 g/mol. The minimum absolute atomic E-state index is 0.0536. The van der Waals surface area contributed by atoms with E-state index in [-0.39, 0.29) is 17.5 Å². The molecule has 0 spiro atoms. The summed E-state index contributed by atoms with van der Waals surface area (Å²) < 4.78 is 0. The molecule has 0 aliphatic rings. The van der Waals surface area contributed by atoms with Crippen molar-refractivity contribution in [3.8, 4) is 0 Å². The first-order chi connectivity index (χ1) is 9.65. The number of carbonyl (C=O) groups excluding carboxylic acids is 1. The van der Waals surface area contributed by atoms with Crippen molar-refractivity contribution in [2.24, 2.45) is 11.3 Å². The molecule has 1 amide bonds. The lowest BCUT2D eigenvalue weighted by Crippen LogP contribution is -2.43. The van der Waals surface area contributed by atoms with E-state index in [1.807, 2.05) is 27.7 Å². The van der Waals surface area contributed by atoms with E-state index in [4.69, 9.17) is 0 Å². The molecule has 1 aromatic rings. The smallest absolute Gasteiger partial charge is 0.269 e. The van der Waals surface area contributed by atoms with Gasteiger partial charge >= 0.3 is 0 Å². The molecule has 0 saturated heterocycles. The third-order valence-electron chi connectivity index (χ3n) is 3.48. The molecule has 0 heterocycles. The number of nitrogens with zero attached hydrogens (tertiary/aromatic N) is 1. The van der Waals surface area contributed by atoms with Gasteiger partial charge in [-0.3, -0.25) is 14.9 Å². The minimum Gasteiger partial charge on any atom is -0.392 e. The van der Waals surface area contributed by atoms with Gasteiger partial charge < -0.3 is 10.4 Å². The molecule has 2 N–H and O–H groups in total. The zero-order valence-electron chi connectivity index (χ0n) is 12.8. The highest BCUT2D eigenvalue weighted by molar-refractivity contribution is 5.94. The predicted octanol–water partition coefficient (Wildman–Crippen LogP) is 2.37. The number of benzene rings is 1. The molecule has 1 atom stereocenters. The Morgan fingerprint density at radius 2 is 1.86 bits per heavy atom. The van der Waals surface area contributed by atoms with E-state index in [2.05, 4.69) is 5.32 Å². The van der Waals surface area contributed by atoms with Gasteiger partial charge in [0.15, 0.2) is 0 Å². The summed E-state index contributed by atoms with van der Waals surface area (Å²) in [5, 5.41) is 23.4. The molecule has 0 aliphatic heterocycles. The van der Waals surface area contributed by atoms with Gasteiger partial charge in [-0.15, -0.1) is 0 Å². The van der Waals surface area contributed by atoms with Crippen molar-refractivity contribution in [3.63, 3.8) is 0 Å². The number of non-ortho nitro benzene ring substituents is 1. The van der Waals surface area contributed by atoms with Crippen molar-refractivity contribution in [1.82, 2.24) is 5.32 Å². The monoisotopic (exact) mass is 294 g/mol. The number of aliphatic hydroxyl groups is 1. The highest BCUT2D eigenvalue weighted by Crippen LogP contribution is 2.25. The Balaban J connectivity index is 2.67. The average Bonchev–Trinajstić information content (AvgIpc) is 2.43. The van der Waals surface area contributed by atoms with E-state index >= 15 is 0 Å². The summed E-state index contributed by atoms with van der Waals surface area (Å²) in [6.07, 6.45) is -0.533. The van der Waals surface area contributed by atoms with Crippen LogP contribution in [0.2, 0.25) is 0 Å². The van der Waals surface area contributed by atoms with Gasteiger partial charge in [0.1, 0.15) is 0 Å². The summed E-state index contributed by atoms with van der Waals surface area (Å²) in [5.74, 6) is -0.217. The van der Waals surface area contributed by atoms with Crippen molar-refractivity contribution in [1.29, 1.82) is 0 Å². The van der Waals surface area contributed by atoms with Crippen LogP contribution < -0.4 is 5.32 Å². The second kappa shape index (κ2) is 6.67. The predicted molar refractivity (Wildman–Crippen MR) is 80.1 cm³/mol. The standard InChI is InChI=1S/C15H22N2O4/c1-10(2)13(18)15(3,4)9-16-14(19)11-5-7-12(8-6-11)17(20)21/h5-8,10,13,18H,9H2,1-4H3,(H,16,19). The number of carbonyl (C=O) groups is 1. The molecule has 21 heavy (non-hydrogen) atoms. The molecule has 0 bridgehead atoms. The Bertz CT molecular complexity index is 509. The molecule has 1 unspecified atom stereocenters. The number of amides is 1. The Labute approximate surface area is 124 Å². The van der Waals surface area contributed by atoms with Crippen LogP contribution in [-0.4, -0.2) is 28.6 Å². The molecule has 1 aromatic carbocycles. The lowest BCUT2D eigenvalue weighted by molar-refractivity contribution is -0.384. The molecule has 0 aromatic heterocycles.